The molecular weight excluding hydrogens is 228 g/mol. The number of halogens is 1. The van der Waals surface area contributed by atoms with E-state index in [0.29, 0.717) is 11.4 Å². The lowest BCUT2D eigenvalue weighted by Gasteiger charge is -2.22. The van der Waals surface area contributed by atoms with Crippen LogP contribution in [0.1, 0.15) is 19.4 Å². The molecule has 1 aromatic rings. The first-order valence-corrected chi connectivity index (χ1v) is 4.89. The third kappa shape index (κ3) is 2.84. The Balaban J connectivity index is 3.03. The number of nitriles is 1. The van der Waals surface area contributed by atoms with E-state index in [9.17, 15) is 4.79 Å². The van der Waals surface area contributed by atoms with E-state index < -0.39 is 11.4 Å². The van der Waals surface area contributed by atoms with Gasteiger partial charge < -0.3 is 11.1 Å². The van der Waals surface area contributed by atoms with Crippen molar-refractivity contribution < 1.29 is 4.79 Å². The van der Waals surface area contributed by atoms with Gasteiger partial charge in [0.05, 0.1) is 11.6 Å². The minimum atomic E-state index is -0.954. The quantitative estimate of drug-likeness (QED) is 0.776. The third-order valence-electron chi connectivity index (χ3n) is 1.98. The number of pyridine rings is 1. The summed E-state index contributed by atoms with van der Waals surface area (Å²) in [5.74, 6) is -0.180. The van der Waals surface area contributed by atoms with E-state index in [1.807, 2.05) is 6.07 Å². The molecule has 3 N–H and O–H groups in total. The summed E-state index contributed by atoms with van der Waals surface area (Å²) in [5, 5.41) is 11.7. The van der Waals surface area contributed by atoms with Gasteiger partial charge in [-0.2, -0.15) is 5.26 Å². The molecule has 1 amide bonds. The maximum absolute atomic E-state index is 11.1. The molecule has 0 aliphatic rings. The van der Waals surface area contributed by atoms with Crippen molar-refractivity contribution in [1.82, 2.24) is 4.98 Å². The van der Waals surface area contributed by atoms with Gasteiger partial charge >= 0.3 is 0 Å². The number of carbonyl (C=O) groups is 1. The molecule has 0 saturated carbocycles. The highest BCUT2D eigenvalue weighted by Gasteiger charge is 2.25. The lowest BCUT2D eigenvalue weighted by molar-refractivity contribution is -0.121. The molecule has 0 saturated heterocycles. The van der Waals surface area contributed by atoms with Crippen molar-refractivity contribution in [2.24, 2.45) is 5.73 Å². The van der Waals surface area contributed by atoms with Crippen LogP contribution in [0.25, 0.3) is 0 Å². The lowest BCUT2D eigenvalue weighted by atomic mass is 10.1. The van der Waals surface area contributed by atoms with Crippen molar-refractivity contribution in [2.75, 3.05) is 5.32 Å². The van der Waals surface area contributed by atoms with Gasteiger partial charge in [-0.15, -0.1) is 0 Å². The summed E-state index contributed by atoms with van der Waals surface area (Å²) in [5.41, 5.74) is 4.61. The van der Waals surface area contributed by atoms with Gasteiger partial charge in [0, 0.05) is 0 Å². The first kappa shape index (κ1) is 12.3. The molecular formula is C10H11ClN4O. The third-order valence-corrected chi connectivity index (χ3v) is 2.17. The van der Waals surface area contributed by atoms with Gasteiger partial charge in [0.1, 0.15) is 16.5 Å². The Morgan fingerprint density at radius 2 is 2.25 bits per heavy atom. The van der Waals surface area contributed by atoms with E-state index in [-0.39, 0.29) is 5.15 Å². The van der Waals surface area contributed by atoms with Crippen LogP contribution in [0.4, 0.5) is 5.82 Å². The van der Waals surface area contributed by atoms with E-state index in [1.54, 1.807) is 13.8 Å². The van der Waals surface area contributed by atoms with Crippen LogP contribution in [0.2, 0.25) is 5.15 Å². The number of amides is 1. The van der Waals surface area contributed by atoms with Gasteiger partial charge in [0.25, 0.3) is 0 Å². The van der Waals surface area contributed by atoms with Crippen LogP contribution in [0, 0.1) is 11.3 Å². The Kier molecular flexibility index (Phi) is 3.35. The second-order valence-electron chi connectivity index (χ2n) is 3.79. The van der Waals surface area contributed by atoms with Crippen molar-refractivity contribution in [3.63, 3.8) is 0 Å². The van der Waals surface area contributed by atoms with Gasteiger partial charge in [-0.3, -0.25) is 4.79 Å². The Morgan fingerprint density at radius 3 is 2.75 bits per heavy atom. The predicted octanol–water partition coefficient (Wildman–Crippen LogP) is 1.28. The van der Waals surface area contributed by atoms with Gasteiger partial charge in [0.2, 0.25) is 5.91 Å². The number of rotatable bonds is 3. The molecule has 6 heteroatoms. The Bertz CT molecular complexity index is 464. The molecule has 0 radical (unpaired) electrons. The molecule has 0 fully saturated rings. The summed E-state index contributed by atoms with van der Waals surface area (Å²) in [6.45, 7) is 3.23. The first-order chi connectivity index (χ1) is 7.35. The number of anilines is 1. The molecule has 1 rings (SSSR count). The second kappa shape index (κ2) is 4.37. The van der Waals surface area contributed by atoms with Crippen LogP contribution >= 0.6 is 11.6 Å². The maximum atomic E-state index is 11.1. The van der Waals surface area contributed by atoms with Gasteiger partial charge in [-0.1, -0.05) is 11.6 Å². The fourth-order valence-corrected chi connectivity index (χ4v) is 1.22. The summed E-state index contributed by atoms with van der Waals surface area (Å²) in [7, 11) is 0. The number of nitrogens with zero attached hydrogens (tertiary/aromatic N) is 2. The zero-order valence-corrected chi connectivity index (χ0v) is 9.67. The minimum absolute atomic E-state index is 0.182. The number of hydrogen-bond acceptors (Lipinski definition) is 4. The number of carbonyl (C=O) groups excluding carboxylic acids is 1. The van der Waals surface area contributed by atoms with Crippen molar-refractivity contribution in [1.29, 1.82) is 5.26 Å². The number of hydrogen-bond donors (Lipinski definition) is 2. The normalized spacial score (nSPS) is 10.6. The van der Waals surface area contributed by atoms with Crippen molar-refractivity contribution in [2.45, 2.75) is 19.4 Å². The molecule has 0 unspecified atom stereocenters. The summed E-state index contributed by atoms with van der Waals surface area (Å²) in [6, 6.07) is 4.87. The maximum Gasteiger partial charge on any atom is 0.242 e. The van der Waals surface area contributed by atoms with Gasteiger partial charge in [-0.25, -0.2) is 4.98 Å². The van der Waals surface area contributed by atoms with Crippen molar-refractivity contribution in [3.8, 4) is 6.07 Å². The molecule has 0 atom stereocenters. The number of nitrogens with one attached hydrogen (secondary N) is 1. The van der Waals surface area contributed by atoms with Crippen LogP contribution in [0.15, 0.2) is 12.1 Å². The van der Waals surface area contributed by atoms with E-state index in [0.717, 1.165) is 0 Å². The first-order valence-electron chi connectivity index (χ1n) is 4.51. The molecule has 0 aromatic carbocycles. The highest BCUT2D eigenvalue weighted by Crippen LogP contribution is 2.17. The predicted molar refractivity (Wildman–Crippen MR) is 60.9 cm³/mol. The highest BCUT2D eigenvalue weighted by molar-refractivity contribution is 6.29. The zero-order valence-electron chi connectivity index (χ0n) is 8.91. The van der Waals surface area contributed by atoms with Crippen LogP contribution in [0.5, 0.6) is 0 Å². The van der Waals surface area contributed by atoms with Crippen molar-refractivity contribution in [3.05, 3.63) is 22.8 Å². The molecule has 84 valence electrons. The summed E-state index contributed by atoms with van der Waals surface area (Å²) in [4.78, 5) is 15.0. The van der Waals surface area contributed by atoms with Crippen LogP contribution in [-0.4, -0.2) is 16.4 Å². The molecule has 0 aliphatic heterocycles. The Morgan fingerprint density at radius 1 is 1.62 bits per heavy atom. The zero-order chi connectivity index (χ0) is 12.3. The number of primary amides is 1. The van der Waals surface area contributed by atoms with Crippen molar-refractivity contribution >= 4 is 23.3 Å². The van der Waals surface area contributed by atoms with Crippen LogP contribution in [-0.2, 0) is 4.79 Å². The number of nitrogens with two attached hydrogens (primary N) is 1. The Hall–Kier alpha value is -1.80. The van der Waals surface area contributed by atoms with Gasteiger partial charge in [0.15, 0.2) is 0 Å². The molecule has 1 aromatic heterocycles. The smallest absolute Gasteiger partial charge is 0.242 e. The van der Waals surface area contributed by atoms with E-state index in [2.05, 4.69) is 10.3 Å². The molecule has 0 bridgehead atoms. The van der Waals surface area contributed by atoms with E-state index in [1.165, 1.54) is 12.1 Å². The Labute approximate surface area is 98.2 Å². The largest absolute Gasteiger partial charge is 0.368 e. The number of aromatic nitrogens is 1. The van der Waals surface area contributed by atoms with E-state index in [4.69, 9.17) is 22.6 Å². The average molecular weight is 239 g/mol. The standard InChI is InChI=1S/C10H11ClN4O/c1-10(2,9(13)16)15-8-4-6(5-12)3-7(11)14-8/h3-4H,1-2H3,(H2,13,16)(H,14,15). The SMILES string of the molecule is CC(C)(Nc1cc(C#N)cc(Cl)n1)C(N)=O. The monoisotopic (exact) mass is 238 g/mol. The van der Waals surface area contributed by atoms with Crippen LogP contribution < -0.4 is 11.1 Å². The molecule has 0 aliphatic carbocycles. The molecule has 0 spiro atoms. The fraction of sp³-hybridized carbons (Fsp3) is 0.300. The minimum Gasteiger partial charge on any atom is -0.368 e. The molecule has 1 heterocycles. The van der Waals surface area contributed by atoms with E-state index >= 15 is 0 Å². The summed E-state index contributed by atoms with van der Waals surface area (Å²) >= 11 is 5.72. The van der Waals surface area contributed by atoms with Gasteiger partial charge in [-0.05, 0) is 26.0 Å². The fourth-order valence-electron chi connectivity index (χ4n) is 1.01. The topological polar surface area (TPSA) is 91.8 Å². The molecule has 16 heavy (non-hydrogen) atoms. The highest BCUT2D eigenvalue weighted by atomic mass is 35.5. The molecule has 5 nitrogen and oxygen atoms in total. The van der Waals surface area contributed by atoms with Crippen LogP contribution in [0.3, 0.4) is 0 Å². The second-order valence-corrected chi connectivity index (χ2v) is 4.18. The summed E-state index contributed by atoms with van der Waals surface area (Å²) < 4.78 is 0. The average Bonchev–Trinajstić information content (AvgIpc) is 2.15. The lowest BCUT2D eigenvalue weighted by Crippen LogP contribution is -2.45. The summed E-state index contributed by atoms with van der Waals surface area (Å²) in [6.07, 6.45) is 0.